The number of fused-ring (bicyclic) bond motifs is 1. The van der Waals surface area contributed by atoms with Gasteiger partial charge in [-0.05, 0) is 37.5 Å². The van der Waals surface area contributed by atoms with Gasteiger partial charge in [0, 0.05) is 44.1 Å². The molecule has 3 heterocycles. The molecule has 0 bridgehead atoms. The van der Waals surface area contributed by atoms with Crippen molar-refractivity contribution in [1.82, 2.24) is 24.8 Å². The SMILES string of the molecule is COc1cc(C(=O)NCCCn2ccnc2)ccc1Nc1ncc2c(n1)N(C1CCCC1)CC(F)(F)C(=O)N2C. The Bertz CT molecular complexity index is 1360. The van der Waals surface area contributed by atoms with Crippen LogP contribution in [0.4, 0.5) is 31.9 Å². The van der Waals surface area contributed by atoms with Crippen LogP contribution in [0.25, 0.3) is 0 Å². The average molecular weight is 555 g/mol. The molecule has 13 heteroatoms. The fourth-order valence-corrected chi connectivity index (χ4v) is 5.14. The quantitative estimate of drug-likeness (QED) is 0.386. The molecule has 1 aliphatic heterocycles. The van der Waals surface area contributed by atoms with Crippen LogP contribution in [0.2, 0.25) is 0 Å². The Hall–Kier alpha value is -4.29. The number of methoxy groups -OCH3 is 1. The number of ether oxygens (including phenoxy) is 1. The van der Waals surface area contributed by atoms with Crippen molar-refractivity contribution < 1.29 is 23.1 Å². The van der Waals surface area contributed by atoms with Gasteiger partial charge in [0.15, 0.2) is 5.82 Å². The summed E-state index contributed by atoms with van der Waals surface area (Å²) in [5.41, 5.74) is 1.14. The van der Waals surface area contributed by atoms with Crippen LogP contribution in [0.5, 0.6) is 5.75 Å². The lowest BCUT2D eigenvalue weighted by Gasteiger charge is -2.31. The topological polar surface area (TPSA) is 118 Å². The van der Waals surface area contributed by atoms with Crippen LogP contribution in [-0.2, 0) is 11.3 Å². The zero-order valence-electron chi connectivity index (χ0n) is 22.4. The van der Waals surface area contributed by atoms with Crippen molar-refractivity contribution in [2.75, 3.05) is 42.4 Å². The maximum Gasteiger partial charge on any atom is 0.342 e. The first kappa shape index (κ1) is 27.3. The average Bonchev–Trinajstić information content (AvgIpc) is 3.67. The molecule has 0 spiro atoms. The zero-order valence-corrected chi connectivity index (χ0v) is 22.4. The molecule has 0 atom stereocenters. The number of benzene rings is 1. The second-order valence-corrected chi connectivity index (χ2v) is 9.99. The minimum atomic E-state index is -3.55. The van der Waals surface area contributed by atoms with Crippen LogP contribution < -0.4 is 25.2 Å². The molecule has 0 radical (unpaired) electrons. The number of aryl methyl sites for hydroxylation is 1. The smallest absolute Gasteiger partial charge is 0.342 e. The number of amides is 2. The number of alkyl halides is 2. The summed E-state index contributed by atoms with van der Waals surface area (Å²) in [6.07, 6.45) is 10.8. The van der Waals surface area contributed by atoms with E-state index in [-0.39, 0.29) is 29.4 Å². The van der Waals surface area contributed by atoms with Gasteiger partial charge in [-0.25, -0.2) is 9.97 Å². The number of carbonyl (C=O) groups excluding carboxylic acids is 2. The van der Waals surface area contributed by atoms with E-state index in [1.54, 1.807) is 35.6 Å². The Labute approximate surface area is 230 Å². The summed E-state index contributed by atoms with van der Waals surface area (Å²) in [4.78, 5) is 40.5. The molecular formula is C27H32F2N8O3. The van der Waals surface area contributed by atoms with Gasteiger partial charge in [-0.3, -0.25) is 9.59 Å². The number of aromatic nitrogens is 4. The van der Waals surface area contributed by atoms with Crippen molar-refractivity contribution in [3.63, 3.8) is 0 Å². The first-order valence-corrected chi connectivity index (χ1v) is 13.3. The molecule has 40 heavy (non-hydrogen) atoms. The van der Waals surface area contributed by atoms with Crippen LogP contribution in [-0.4, -0.2) is 70.5 Å². The lowest BCUT2D eigenvalue weighted by molar-refractivity contribution is -0.140. The van der Waals surface area contributed by atoms with Gasteiger partial charge >= 0.3 is 5.92 Å². The zero-order chi connectivity index (χ0) is 28.3. The number of hydrogen-bond acceptors (Lipinski definition) is 8. The number of nitrogens with zero attached hydrogens (tertiary/aromatic N) is 6. The third-order valence-corrected chi connectivity index (χ3v) is 7.28. The van der Waals surface area contributed by atoms with Gasteiger partial charge in [0.25, 0.3) is 11.8 Å². The molecule has 1 saturated carbocycles. The van der Waals surface area contributed by atoms with E-state index < -0.39 is 18.4 Å². The summed E-state index contributed by atoms with van der Waals surface area (Å²) in [7, 11) is 2.80. The number of imidazole rings is 1. The highest BCUT2D eigenvalue weighted by molar-refractivity contribution is 6.02. The Morgan fingerprint density at radius 1 is 1.25 bits per heavy atom. The number of nitrogens with one attached hydrogen (secondary N) is 2. The van der Waals surface area contributed by atoms with Crippen molar-refractivity contribution >= 4 is 35.0 Å². The third kappa shape index (κ3) is 5.68. The fourth-order valence-electron chi connectivity index (χ4n) is 5.14. The van der Waals surface area contributed by atoms with Gasteiger partial charge in [0.05, 0.1) is 31.9 Å². The molecule has 2 N–H and O–H groups in total. The molecule has 1 fully saturated rings. The lowest BCUT2D eigenvalue weighted by Crippen LogP contribution is -2.48. The van der Waals surface area contributed by atoms with E-state index >= 15 is 0 Å². The first-order valence-electron chi connectivity index (χ1n) is 13.3. The van der Waals surface area contributed by atoms with E-state index in [2.05, 4.69) is 25.6 Å². The molecule has 2 amide bonds. The minimum Gasteiger partial charge on any atom is -0.495 e. The number of carbonyl (C=O) groups is 2. The predicted molar refractivity (Wildman–Crippen MR) is 145 cm³/mol. The third-order valence-electron chi connectivity index (χ3n) is 7.28. The standard InChI is InChI=1S/C27H32F2N8O3/c1-35-21-15-32-26(34-23(21)37(19-6-3-4-7-19)16-27(28,29)25(35)39)33-20-9-8-18(14-22(20)40-2)24(38)31-10-5-12-36-13-11-30-17-36/h8-9,11,13-15,17,19H,3-7,10,12,16H2,1-2H3,(H,31,38)(H,32,33,34). The number of anilines is 4. The van der Waals surface area contributed by atoms with Gasteiger partial charge in [-0.2, -0.15) is 13.8 Å². The first-order chi connectivity index (χ1) is 19.3. The summed E-state index contributed by atoms with van der Waals surface area (Å²) in [6, 6.07) is 4.79. The Balaban J connectivity index is 1.33. The second kappa shape index (κ2) is 11.4. The predicted octanol–water partition coefficient (Wildman–Crippen LogP) is 3.61. The van der Waals surface area contributed by atoms with Crippen LogP contribution in [0.15, 0.2) is 43.1 Å². The molecule has 2 aromatic heterocycles. The van der Waals surface area contributed by atoms with Gasteiger partial charge in [0.1, 0.15) is 11.4 Å². The summed E-state index contributed by atoms with van der Waals surface area (Å²) in [6.45, 7) is 0.503. The van der Waals surface area contributed by atoms with Gasteiger partial charge in [0.2, 0.25) is 5.95 Å². The minimum absolute atomic E-state index is 0.140. The lowest BCUT2D eigenvalue weighted by atomic mass is 10.1. The molecule has 1 aliphatic carbocycles. The Kier molecular flexibility index (Phi) is 7.81. The van der Waals surface area contributed by atoms with E-state index in [0.29, 0.717) is 23.5 Å². The maximum absolute atomic E-state index is 14.8. The summed E-state index contributed by atoms with van der Waals surface area (Å²) in [5.74, 6) is -4.25. The normalized spacial score (nSPS) is 16.9. The molecule has 3 aromatic rings. The number of rotatable bonds is 9. The van der Waals surface area contributed by atoms with Crippen LogP contribution in [0, 0.1) is 0 Å². The molecule has 11 nitrogen and oxygen atoms in total. The molecule has 212 valence electrons. The summed E-state index contributed by atoms with van der Waals surface area (Å²) >= 11 is 0. The van der Waals surface area contributed by atoms with Crippen LogP contribution in [0.1, 0.15) is 42.5 Å². The van der Waals surface area contributed by atoms with Gasteiger partial charge in [-0.1, -0.05) is 12.8 Å². The molecule has 0 unspecified atom stereocenters. The van der Waals surface area contributed by atoms with E-state index in [0.717, 1.165) is 43.5 Å². The summed E-state index contributed by atoms with van der Waals surface area (Å²) in [5, 5.41) is 5.98. The highest BCUT2D eigenvalue weighted by atomic mass is 19.3. The van der Waals surface area contributed by atoms with Gasteiger partial charge < -0.3 is 29.7 Å². The number of halogens is 2. The van der Waals surface area contributed by atoms with E-state index in [1.165, 1.54) is 20.4 Å². The Morgan fingerprint density at radius 3 is 2.77 bits per heavy atom. The molecule has 1 aromatic carbocycles. The molecular weight excluding hydrogens is 522 g/mol. The van der Waals surface area contributed by atoms with Crippen molar-refractivity contribution in [3.8, 4) is 5.75 Å². The maximum atomic E-state index is 14.8. The van der Waals surface area contributed by atoms with Crippen LogP contribution >= 0.6 is 0 Å². The fraction of sp³-hybridized carbons (Fsp3) is 0.444. The van der Waals surface area contributed by atoms with Crippen molar-refractivity contribution in [2.45, 2.75) is 50.6 Å². The van der Waals surface area contributed by atoms with Crippen molar-refractivity contribution in [1.29, 1.82) is 0 Å². The van der Waals surface area contributed by atoms with Gasteiger partial charge in [-0.15, -0.1) is 0 Å². The summed E-state index contributed by atoms with van der Waals surface area (Å²) < 4.78 is 37.1. The van der Waals surface area contributed by atoms with Crippen molar-refractivity contribution in [3.05, 3.63) is 48.7 Å². The highest BCUT2D eigenvalue weighted by Crippen LogP contribution is 2.40. The Morgan fingerprint density at radius 2 is 2.05 bits per heavy atom. The van der Waals surface area contributed by atoms with Crippen LogP contribution in [0.3, 0.4) is 0 Å². The number of hydrogen-bond donors (Lipinski definition) is 2. The van der Waals surface area contributed by atoms with Crippen molar-refractivity contribution in [2.24, 2.45) is 0 Å². The molecule has 2 aliphatic rings. The largest absolute Gasteiger partial charge is 0.495 e. The highest BCUT2D eigenvalue weighted by Gasteiger charge is 2.48. The molecule has 5 rings (SSSR count). The van der Waals surface area contributed by atoms with E-state index in [9.17, 15) is 18.4 Å². The van der Waals surface area contributed by atoms with E-state index in [4.69, 9.17) is 4.74 Å². The van der Waals surface area contributed by atoms with E-state index in [1.807, 2.05) is 10.8 Å². The molecule has 0 saturated heterocycles. The monoisotopic (exact) mass is 554 g/mol. The second-order valence-electron chi connectivity index (χ2n) is 9.99.